The maximum absolute atomic E-state index is 5.82. The van der Waals surface area contributed by atoms with E-state index in [2.05, 4.69) is 15.9 Å². The Labute approximate surface area is 92.2 Å². The molecule has 0 fully saturated rings. The fraction of sp³-hybridized carbons (Fsp3) is 0.400. The van der Waals surface area contributed by atoms with E-state index in [1.807, 2.05) is 31.2 Å². The van der Waals surface area contributed by atoms with Crippen LogP contribution in [0, 0.1) is 0 Å². The lowest BCUT2D eigenvalue weighted by atomic mass is 10.3. The fourth-order valence-electron chi connectivity index (χ4n) is 0.985. The molecule has 1 aromatic carbocycles. The summed E-state index contributed by atoms with van der Waals surface area (Å²) >= 11 is 9.19. The molecule has 0 saturated heterocycles. The average Bonchev–Trinajstić information content (AvgIpc) is 2.04. The molecule has 0 aliphatic carbocycles. The van der Waals surface area contributed by atoms with Gasteiger partial charge in [-0.2, -0.15) is 0 Å². The molecule has 0 radical (unpaired) electrons. The molecule has 1 nitrogen and oxygen atoms in total. The third kappa shape index (κ3) is 4.01. The Balaban J connectivity index is 2.53. The number of benzene rings is 1. The van der Waals surface area contributed by atoms with Crippen molar-refractivity contribution >= 4 is 27.5 Å². The highest BCUT2D eigenvalue weighted by molar-refractivity contribution is 9.09. The second-order valence-corrected chi connectivity index (χ2v) is 4.09. The van der Waals surface area contributed by atoms with Gasteiger partial charge in [0, 0.05) is 10.4 Å². The Hall–Kier alpha value is -0.210. The maximum atomic E-state index is 5.82. The Morgan fingerprint density at radius 3 is 2.92 bits per heavy atom. The average molecular weight is 264 g/mol. The number of hydrogen-bond acceptors (Lipinski definition) is 1. The van der Waals surface area contributed by atoms with Gasteiger partial charge in [0.25, 0.3) is 0 Å². The minimum atomic E-state index is 0.220. The number of hydrogen-bond donors (Lipinski definition) is 0. The van der Waals surface area contributed by atoms with E-state index in [9.17, 15) is 0 Å². The molecule has 1 rings (SSSR count). The van der Waals surface area contributed by atoms with E-state index >= 15 is 0 Å². The van der Waals surface area contributed by atoms with Crippen LogP contribution in [-0.4, -0.2) is 11.4 Å². The molecule has 0 heterocycles. The van der Waals surface area contributed by atoms with Gasteiger partial charge in [-0.25, -0.2) is 0 Å². The first-order chi connectivity index (χ1) is 6.22. The van der Waals surface area contributed by atoms with Crippen LogP contribution in [-0.2, 0) is 0 Å². The smallest absolute Gasteiger partial charge is 0.121 e. The molecule has 0 aromatic heterocycles. The molecular weight excluding hydrogens is 251 g/mol. The van der Waals surface area contributed by atoms with Crippen molar-refractivity contribution in [1.82, 2.24) is 0 Å². The van der Waals surface area contributed by atoms with Gasteiger partial charge < -0.3 is 4.74 Å². The zero-order valence-electron chi connectivity index (χ0n) is 7.47. The molecule has 3 heteroatoms. The third-order valence-electron chi connectivity index (χ3n) is 1.65. The predicted molar refractivity (Wildman–Crippen MR) is 60.0 cm³/mol. The number of halogens is 2. The van der Waals surface area contributed by atoms with Crippen LogP contribution in [0.15, 0.2) is 24.3 Å². The van der Waals surface area contributed by atoms with E-state index < -0.39 is 0 Å². The SMILES string of the molecule is CC(CCBr)Oc1cccc(Cl)c1. The van der Waals surface area contributed by atoms with Gasteiger partial charge in [0.15, 0.2) is 0 Å². The number of alkyl halides is 1. The van der Waals surface area contributed by atoms with Gasteiger partial charge in [-0.1, -0.05) is 33.6 Å². The molecular formula is C10H12BrClO. The summed E-state index contributed by atoms with van der Waals surface area (Å²) < 4.78 is 5.62. The van der Waals surface area contributed by atoms with Crippen LogP contribution in [0.1, 0.15) is 13.3 Å². The van der Waals surface area contributed by atoms with Crippen LogP contribution in [0.5, 0.6) is 5.75 Å². The van der Waals surface area contributed by atoms with E-state index in [1.54, 1.807) is 0 Å². The highest BCUT2D eigenvalue weighted by Crippen LogP contribution is 2.19. The van der Waals surface area contributed by atoms with E-state index in [0.717, 1.165) is 17.5 Å². The largest absolute Gasteiger partial charge is 0.491 e. The standard InChI is InChI=1S/C10H12BrClO/c1-8(5-6-11)13-10-4-2-3-9(12)7-10/h2-4,7-8H,5-6H2,1H3. The van der Waals surface area contributed by atoms with Crippen molar-refractivity contribution in [2.75, 3.05) is 5.33 Å². The van der Waals surface area contributed by atoms with Crippen LogP contribution < -0.4 is 4.74 Å². The minimum absolute atomic E-state index is 0.220. The molecule has 0 saturated carbocycles. The molecule has 0 amide bonds. The first-order valence-corrected chi connectivity index (χ1v) is 5.70. The highest BCUT2D eigenvalue weighted by Gasteiger charge is 2.02. The quantitative estimate of drug-likeness (QED) is 0.749. The minimum Gasteiger partial charge on any atom is -0.491 e. The van der Waals surface area contributed by atoms with Crippen LogP contribution in [0.25, 0.3) is 0 Å². The lowest BCUT2D eigenvalue weighted by Crippen LogP contribution is -2.11. The molecule has 0 spiro atoms. The van der Waals surface area contributed by atoms with Crippen molar-refractivity contribution in [1.29, 1.82) is 0 Å². The van der Waals surface area contributed by atoms with E-state index in [0.29, 0.717) is 5.02 Å². The van der Waals surface area contributed by atoms with Gasteiger partial charge in [-0.3, -0.25) is 0 Å². The molecule has 0 bridgehead atoms. The summed E-state index contributed by atoms with van der Waals surface area (Å²) in [7, 11) is 0. The Bertz CT molecular complexity index is 265. The summed E-state index contributed by atoms with van der Waals surface area (Å²) in [6.45, 7) is 2.04. The van der Waals surface area contributed by atoms with Crippen LogP contribution in [0.2, 0.25) is 5.02 Å². The second-order valence-electron chi connectivity index (χ2n) is 2.86. The van der Waals surface area contributed by atoms with Gasteiger partial charge >= 0.3 is 0 Å². The molecule has 0 aliphatic heterocycles. The normalized spacial score (nSPS) is 12.5. The lowest BCUT2D eigenvalue weighted by molar-refractivity contribution is 0.219. The van der Waals surface area contributed by atoms with Gasteiger partial charge in [-0.05, 0) is 31.5 Å². The van der Waals surface area contributed by atoms with E-state index in [1.165, 1.54) is 0 Å². The van der Waals surface area contributed by atoms with Gasteiger partial charge in [-0.15, -0.1) is 0 Å². The van der Waals surface area contributed by atoms with Crippen molar-refractivity contribution in [2.24, 2.45) is 0 Å². The number of ether oxygens (including phenoxy) is 1. The molecule has 1 atom stereocenters. The first kappa shape index (κ1) is 10.9. The van der Waals surface area contributed by atoms with Crippen LogP contribution >= 0.6 is 27.5 Å². The van der Waals surface area contributed by atoms with E-state index in [4.69, 9.17) is 16.3 Å². The molecule has 0 aliphatic rings. The molecule has 72 valence electrons. The number of rotatable bonds is 4. The topological polar surface area (TPSA) is 9.23 Å². The fourth-order valence-corrected chi connectivity index (χ4v) is 1.81. The molecule has 0 N–H and O–H groups in total. The Kier molecular flexibility index (Phi) is 4.60. The molecule has 1 unspecified atom stereocenters. The van der Waals surface area contributed by atoms with Gasteiger partial charge in [0.2, 0.25) is 0 Å². The summed E-state index contributed by atoms with van der Waals surface area (Å²) in [4.78, 5) is 0. The monoisotopic (exact) mass is 262 g/mol. The summed E-state index contributed by atoms with van der Waals surface area (Å²) in [6, 6.07) is 7.46. The summed E-state index contributed by atoms with van der Waals surface area (Å²) in [5.41, 5.74) is 0. The maximum Gasteiger partial charge on any atom is 0.121 e. The lowest BCUT2D eigenvalue weighted by Gasteiger charge is -2.13. The van der Waals surface area contributed by atoms with Crippen LogP contribution in [0.4, 0.5) is 0 Å². The van der Waals surface area contributed by atoms with Crippen molar-refractivity contribution in [3.05, 3.63) is 29.3 Å². The zero-order valence-corrected chi connectivity index (χ0v) is 9.81. The van der Waals surface area contributed by atoms with Crippen molar-refractivity contribution in [3.8, 4) is 5.75 Å². The highest BCUT2D eigenvalue weighted by atomic mass is 79.9. The summed E-state index contributed by atoms with van der Waals surface area (Å²) in [5, 5.41) is 1.66. The van der Waals surface area contributed by atoms with Crippen molar-refractivity contribution < 1.29 is 4.74 Å². The van der Waals surface area contributed by atoms with Gasteiger partial charge in [0.05, 0.1) is 6.10 Å². The first-order valence-electron chi connectivity index (χ1n) is 4.20. The van der Waals surface area contributed by atoms with Crippen molar-refractivity contribution in [3.63, 3.8) is 0 Å². The Morgan fingerprint density at radius 2 is 2.31 bits per heavy atom. The zero-order chi connectivity index (χ0) is 9.68. The second kappa shape index (κ2) is 5.51. The third-order valence-corrected chi connectivity index (χ3v) is 2.34. The molecule has 1 aromatic rings. The van der Waals surface area contributed by atoms with E-state index in [-0.39, 0.29) is 6.10 Å². The van der Waals surface area contributed by atoms with Crippen molar-refractivity contribution in [2.45, 2.75) is 19.4 Å². The molecule has 13 heavy (non-hydrogen) atoms. The summed E-state index contributed by atoms with van der Waals surface area (Å²) in [6.07, 6.45) is 1.21. The predicted octanol–water partition coefficient (Wildman–Crippen LogP) is 3.89. The van der Waals surface area contributed by atoms with Crippen LogP contribution in [0.3, 0.4) is 0 Å². The van der Waals surface area contributed by atoms with Gasteiger partial charge in [0.1, 0.15) is 5.75 Å². The Morgan fingerprint density at radius 1 is 1.54 bits per heavy atom. The summed E-state index contributed by atoms with van der Waals surface area (Å²) in [5.74, 6) is 0.834.